The van der Waals surface area contributed by atoms with Gasteiger partial charge in [-0.3, -0.25) is 9.89 Å². The Bertz CT molecular complexity index is 795. The molecule has 1 aliphatic heterocycles. The van der Waals surface area contributed by atoms with E-state index in [9.17, 15) is 4.79 Å². The van der Waals surface area contributed by atoms with E-state index in [0.717, 1.165) is 54.1 Å². The van der Waals surface area contributed by atoms with Crippen LogP contribution >= 0.6 is 0 Å². The van der Waals surface area contributed by atoms with Gasteiger partial charge < -0.3 is 10.2 Å². The van der Waals surface area contributed by atoms with Crippen LogP contribution in [0.5, 0.6) is 0 Å². The van der Waals surface area contributed by atoms with Crippen LogP contribution in [0.2, 0.25) is 0 Å². The van der Waals surface area contributed by atoms with E-state index in [1.54, 1.807) is 0 Å². The molecule has 2 atom stereocenters. The van der Waals surface area contributed by atoms with Crippen LogP contribution in [0.15, 0.2) is 24.3 Å². The molecule has 1 saturated heterocycles. The van der Waals surface area contributed by atoms with Crippen molar-refractivity contribution in [3.05, 3.63) is 46.8 Å². The molecule has 2 N–H and O–H groups in total. The first-order valence-electron chi connectivity index (χ1n) is 10.0. The van der Waals surface area contributed by atoms with Gasteiger partial charge in [0.2, 0.25) is 0 Å². The molecule has 5 nitrogen and oxygen atoms in total. The van der Waals surface area contributed by atoms with E-state index in [0.29, 0.717) is 17.9 Å². The standard InChI is InChI=1S/C22H32N4O/c1-14(2)17(5)23-20-10-6-9-19(16(20)4)22(27)26-11-7-8-18(13-26)21-12-15(3)24-25-21/h6,9-10,12,14,17-18,23H,7-8,11,13H2,1-5H3,(H,24,25). The van der Waals surface area contributed by atoms with E-state index in [1.807, 2.05) is 30.9 Å². The Morgan fingerprint density at radius 3 is 2.74 bits per heavy atom. The fourth-order valence-corrected chi connectivity index (χ4v) is 3.66. The Balaban J connectivity index is 1.77. The topological polar surface area (TPSA) is 61.0 Å². The van der Waals surface area contributed by atoms with Gasteiger partial charge in [0, 0.05) is 42.0 Å². The van der Waals surface area contributed by atoms with Gasteiger partial charge in [-0.1, -0.05) is 19.9 Å². The average Bonchev–Trinajstić information content (AvgIpc) is 3.09. The number of nitrogens with one attached hydrogen (secondary N) is 2. The first-order chi connectivity index (χ1) is 12.9. The molecule has 0 spiro atoms. The van der Waals surface area contributed by atoms with E-state index in [-0.39, 0.29) is 5.91 Å². The number of aromatic amines is 1. The van der Waals surface area contributed by atoms with Crippen molar-refractivity contribution in [2.45, 2.75) is 59.4 Å². The van der Waals surface area contributed by atoms with Gasteiger partial charge in [-0.05, 0) is 63.3 Å². The Hall–Kier alpha value is -2.30. The number of anilines is 1. The predicted molar refractivity (Wildman–Crippen MR) is 110 cm³/mol. The summed E-state index contributed by atoms with van der Waals surface area (Å²) in [6, 6.07) is 8.45. The molecule has 0 bridgehead atoms. The van der Waals surface area contributed by atoms with E-state index in [1.165, 1.54) is 0 Å². The van der Waals surface area contributed by atoms with Crippen LogP contribution in [-0.4, -0.2) is 40.1 Å². The lowest BCUT2D eigenvalue weighted by molar-refractivity contribution is 0.0705. The number of carbonyl (C=O) groups is 1. The number of likely N-dealkylation sites (tertiary alicyclic amines) is 1. The van der Waals surface area contributed by atoms with Crippen LogP contribution in [0.25, 0.3) is 0 Å². The number of hydrogen-bond acceptors (Lipinski definition) is 3. The van der Waals surface area contributed by atoms with Gasteiger partial charge in [-0.15, -0.1) is 0 Å². The van der Waals surface area contributed by atoms with Gasteiger partial charge in [0.05, 0.1) is 5.69 Å². The minimum absolute atomic E-state index is 0.130. The first kappa shape index (κ1) is 19.5. The second-order valence-corrected chi connectivity index (χ2v) is 8.22. The molecule has 0 saturated carbocycles. The van der Waals surface area contributed by atoms with Crippen molar-refractivity contribution in [3.8, 4) is 0 Å². The SMILES string of the molecule is Cc1cc(C2CCCN(C(=O)c3cccc(NC(C)C(C)C)c3C)C2)n[nH]1. The number of amides is 1. The van der Waals surface area contributed by atoms with Crippen molar-refractivity contribution in [1.82, 2.24) is 15.1 Å². The van der Waals surface area contributed by atoms with Crippen molar-refractivity contribution in [3.63, 3.8) is 0 Å². The summed E-state index contributed by atoms with van der Waals surface area (Å²) in [5.74, 6) is 0.976. The van der Waals surface area contributed by atoms with Crippen molar-refractivity contribution in [2.75, 3.05) is 18.4 Å². The van der Waals surface area contributed by atoms with Crippen molar-refractivity contribution in [1.29, 1.82) is 0 Å². The molecule has 2 heterocycles. The molecular formula is C22H32N4O. The van der Waals surface area contributed by atoms with Crippen molar-refractivity contribution >= 4 is 11.6 Å². The lowest BCUT2D eigenvalue weighted by atomic mass is 9.93. The zero-order valence-electron chi connectivity index (χ0n) is 17.2. The molecule has 2 unspecified atom stereocenters. The van der Waals surface area contributed by atoms with Crippen LogP contribution in [0.1, 0.15) is 66.8 Å². The summed E-state index contributed by atoms with van der Waals surface area (Å²) in [6.45, 7) is 12.2. The molecule has 1 aliphatic rings. The summed E-state index contributed by atoms with van der Waals surface area (Å²) in [4.78, 5) is 15.2. The van der Waals surface area contributed by atoms with E-state index in [2.05, 4.69) is 48.4 Å². The molecule has 1 aromatic heterocycles. The molecule has 1 fully saturated rings. The normalized spacial score (nSPS) is 18.6. The lowest BCUT2D eigenvalue weighted by Crippen LogP contribution is -2.39. The largest absolute Gasteiger partial charge is 0.382 e. The Labute approximate surface area is 162 Å². The average molecular weight is 369 g/mol. The molecule has 2 aromatic rings. The van der Waals surface area contributed by atoms with Crippen LogP contribution in [0.3, 0.4) is 0 Å². The highest BCUT2D eigenvalue weighted by Crippen LogP contribution is 2.28. The van der Waals surface area contributed by atoms with E-state index < -0.39 is 0 Å². The predicted octanol–water partition coefficient (Wildman–Crippen LogP) is 4.50. The number of aryl methyl sites for hydroxylation is 1. The number of piperidine rings is 1. The Morgan fingerprint density at radius 1 is 1.30 bits per heavy atom. The third-order valence-corrected chi connectivity index (χ3v) is 5.80. The maximum atomic E-state index is 13.2. The minimum atomic E-state index is 0.130. The maximum absolute atomic E-state index is 13.2. The maximum Gasteiger partial charge on any atom is 0.254 e. The van der Waals surface area contributed by atoms with E-state index >= 15 is 0 Å². The zero-order chi connectivity index (χ0) is 19.6. The molecule has 5 heteroatoms. The number of rotatable bonds is 5. The van der Waals surface area contributed by atoms with Gasteiger partial charge in [0.1, 0.15) is 0 Å². The fraction of sp³-hybridized carbons (Fsp3) is 0.545. The monoisotopic (exact) mass is 368 g/mol. The summed E-state index contributed by atoms with van der Waals surface area (Å²) in [7, 11) is 0. The number of carbonyl (C=O) groups excluding carboxylic acids is 1. The van der Waals surface area contributed by atoms with Crippen LogP contribution < -0.4 is 5.32 Å². The number of nitrogens with zero attached hydrogens (tertiary/aromatic N) is 2. The highest BCUT2D eigenvalue weighted by molar-refractivity contribution is 5.97. The third-order valence-electron chi connectivity index (χ3n) is 5.80. The summed E-state index contributed by atoms with van der Waals surface area (Å²) < 4.78 is 0. The third kappa shape index (κ3) is 4.34. The first-order valence-corrected chi connectivity index (χ1v) is 10.0. The number of H-pyrrole nitrogens is 1. The highest BCUT2D eigenvalue weighted by atomic mass is 16.2. The van der Waals surface area contributed by atoms with Gasteiger partial charge in [0.15, 0.2) is 0 Å². The summed E-state index contributed by atoms with van der Waals surface area (Å²) in [5.41, 5.74) is 5.03. The van der Waals surface area contributed by atoms with Gasteiger partial charge in [-0.2, -0.15) is 5.10 Å². The van der Waals surface area contributed by atoms with Crippen molar-refractivity contribution < 1.29 is 4.79 Å². The summed E-state index contributed by atoms with van der Waals surface area (Å²) in [5, 5.41) is 11.0. The van der Waals surface area contributed by atoms with Crippen LogP contribution in [0, 0.1) is 19.8 Å². The molecule has 27 heavy (non-hydrogen) atoms. The Morgan fingerprint density at radius 2 is 2.07 bits per heavy atom. The molecule has 0 radical (unpaired) electrons. The number of hydrogen-bond donors (Lipinski definition) is 2. The second-order valence-electron chi connectivity index (χ2n) is 8.22. The molecule has 3 rings (SSSR count). The number of aromatic nitrogens is 2. The molecule has 146 valence electrons. The molecular weight excluding hydrogens is 336 g/mol. The zero-order valence-corrected chi connectivity index (χ0v) is 17.2. The van der Waals surface area contributed by atoms with Gasteiger partial charge >= 0.3 is 0 Å². The molecule has 1 amide bonds. The fourth-order valence-electron chi connectivity index (χ4n) is 3.66. The minimum Gasteiger partial charge on any atom is -0.382 e. The molecule has 0 aliphatic carbocycles. The highest BCUT2D eigenvalue weighted by Gasteiger charge is 2.28. The summed E-state index contributed by atoms with van der Waals surface area (Å²) >= 11 is 0. The van der Waals surface area contributed by atoms with Crippen LogP contribution in [-0.2, 0) is 0 Å². The lowest BCUT2D eigenvalue weighted by Gasteiger charge is -2.32. The summed E-state index contributed by atoms with van der Waals surface area (Å²) in [6.07, 6.45) is 2.10. The van der Waals surface area contributed by atoms with Crippen molar-refractivity contribution in [2.24, 2.45) is 5.92 Å². The Kier molecular flexibility index (Phi) is 5.88. The van der Waals surface area contributed by atoms with Gasteiger partial charge in [-0.25, -0.2) is 0 Å². The quantitative estimate of drug-likeness (QED) is 0.817. The second kappa shape index (κ2) is 8.15. The van der Waals surface area contributed by atoms with E-state index in [4.69, 9.17) is 0 Å². The smallest absolute Gasteiger partial charge is 0.254 e. The number of benzene rings is 1. The van der Waals surface area contributed by atoms with Gasteiger partial charge in [0.25, 0.3) is 5.91 Å². The van der Waals surface area contributed by atoms with Crippen LogP contribution in [0.4, 0.5) is 5.69 Å². The molecule has 1 aromatic carbocycles.